The molecule has 0 radical (unpaired) electrons. The van der Waals surface area contributed by atoms with Crippen LogP contribution in [0.3, 0.4) is 0 Å². The molecule has 40 heavy (non-hydrogen) atoms. The molecule has 0 saturated heterocycles. The molecule has 3 rings (SSSR count). The van der Waals surface area contributed by atoms with Gasteiger partial charge in [0.25, 0.3) is 10.0 Å². The topological polar surface area (TPSA) is 105 Å². The van der Waals surface area contributed by atoms with E-state index in [0.717, 1.165) is 21.0 Å². The molecule has 0 bridgehead atoms. The molecule has 1 N–H and O–H groups in total. The summed E-state index contributed by atoms with van der Waals surface area (Å²) in [5.74, 6) is -0.246. The minimum Gasteiger partial charge on any atom is -0.497 e. The molecule has 0 aliphatic heterocycles. The van der Waals surface area contributed by atoms with Gasteiger partial charge in [-0.25, -0.2) is 8.42 Å². The Morgan fingerprint density at radius 1 is 0.950 bits per heavy atom. The molecule has 0 fully saturated rings. The Balaban J connectivity index is 2.16. The van der Waals surface area contributed by atoms with Gasteiger partial charge in [-0.15, -0.1) is 0 Å². The number of hydrogen-bond donors (Lipinski definition) is 1. The summed E-state index contributed by atoms with van der Waals surface area (Å²) in [6.07, 6.45) is 0.338. The number of anilines is 1. The first kappa shape index (κ1) is 30.5. The lowest BCUT2D eigenvalue weighted by Crippen LogP contribution is -2.51. The highest BCUT2D eigenvalue weighted by molar-refractivity contribution is 7.92. The van der Waals surface area contributed by atoms with Gasteiger partial charge in [0.1, 0.15) is 24.1 Å². The van der Waals surface area contributed by atoms with Gasteiger partial charge < -0.3 is 19.7 Å². The number of rotatable bonds is 12. The molecule has 1 unspecified atom stereocenters. The third-order valence-corrected chi connectivity index (χ3v) is 8.55. The Bertz CT molecular complexity index is 1440. The molecule has 0 aromatic heterocycles. The van der Waals surface area contributed by atoms with Crippen LogP contribution in [0.2, 0.25) is 0 Å². The largest absolute Gasteiger partial charge is 0.497 e. The van der Waals surface area contributed by atoms with Crippen LogP contribution in [0, 0.1) is 13.8 Å². The lowest BCUT2D eigenvalue weighted by molar-refractivity contribution is -0.140. The second kappa shape index (κ2) is 13.3. The summed E-state index contributed by atoms with van der Waals surface area (Å²) < 4.78 is 40.1. The first-order valence-electron chi connectivity index (χ1n) is 12.9. The van der Waals surface area contributed by atoms with Gasteiger partial charge in [0.2, 0.25) is 11.8 Å². The summed E-state index contributed by atoms with van der Waals surface area (Å²) in [4.78, 5) is 28.4. The molecule has 2 amide bonds. The van der Waals surface area contributed by atoms with Gasteiger partial charge in [-0.05, 0) is 55.7 Å². The van der Waals surface area contributed by atoms with E-state index in [9.17, 15) is 18.0 Å². The zero-order chi connectivity index (χ0) is 29.4. The van der Waals surface area contributed by atoms with Crippen LogP contribution in [0.5, 0.6) is 11.5 Å². The van der Waals surface area contributed by atoms with E-state index in [1.165, 1.54) is 44.4 Å². The van der Waals surface area contributed by atoms with Gasteiger partial charge >= 0.3 is 0 Å². The van der Waals surface area contributed by atoms with Gasteiger partial charge in [0.05, 0.1) is 24.8 Å². The maximum absolute atomic E-state index is 14.1. The third kappa shape index (κ3) is 6.74. The van der Waals surface area contributed by atoms with Crippen LogP contribution in [0.25, 0.3) is 0 Å². The quantitative estimate of drug-likeness (QED) is 0.354. The van der Waals surface area contributed by atoms with Crippen molar-refractivity contribution in [1.82, 2.24) is 10.2 Å². The standard InChI is InChI=1S/C30H37N3O6S/c1-7-26(30(35)31-4)32(19-23-11-9-8-10-22(23)3)29(34)20-33(27-18-24(38-5)14-17-28(27)39-6)40(36,37)25-15-12-21(2)13-16-25/h8-18,26H,7,19-20H2,1-6H3,(H,31,35). The van der Waals surface area contributed by atoms with E-state index < -0.39 is 28.5 Å². The maximum Gasteiger partial charge on any atom is 0.264 e. The number of hydrogen-bond acceptors (Lipinski definition) is 6. The summed E-state index contributed by atoms with van der Waals surface area (Å²) in [5.41, 5.74) is 2.83. The van der Waals surface area contributed by atoms with Crippen molar-refractivity contribution < 1.29 is 27.5 Å². The summed E-state index contributed by atoms with van der Waals surface area (Å²) in [7, 11) is 0.155. The van der Waals surface area contributed by atoms with Crippen molar-refractivity contribution in [2.75, 3.05) is 32.1 Å². The van der Waals surface area contributed by atoms with Crippen LogP contribution in [0.15, 0.2) is 71.6 Å². The van der Waals surface area contributed by atoms with Crippen LogP contribution in [0.1, 0.15) is 30.0 Å². The van der Waals surface area contributed by atoms with Crippen LogP contribution in [-0.4, -0.2) is 59.0 Å². The molecule has 0 heterocycles. The second-order valence-electron chi connectivity index (χ2n) is 9.35. The van der Waals surface area contributed by atoms with Crippen molar-refractivity contribution in [2.24, 2.45) is 0 Å². The van der Waals surface area contributed by atoms with E-state index >= 15 is 0 Å². The number of likely N-dealkylation sites (N-methyl/N-ethyl adjacent to an activating group) is 1. The van der Waals surface area contributed by atoms with E-state index in [4.69, 9.17) is 9.47 Å². The average molecular weight is 568 g/mol. The van der Waals surface area contributed by atoms with Crippen LogP contribution < -0.4 is 19.1 Å². The molecule has 3 aromatic rings. The molecule has 10 heteroatoms. The molecule has 0 saturated carbocycles. The Kier molecular flexibility index (Phi) is 10.2. The van der Waals surface area contributed by atoms with Crippen LogP contribution in [0.4, 0.5) is 5.69 Å². The van der Waals surface area contributed by atoms with E-state index in [2.05, 4.69) is 5.32 Å². The minimum absolute atomic E-state index is 0.0135. The van der Waals surface area contributed by atoms with E-state index in [-0.39, 0.29) is 28.8 Å². The van der Waals surface area contributed by atoms with Gasteiger partial charge in [-0.2, -0.15) is 0 Å². The first-order chi connectivity index (χ1) is 19.1. The lowest BCUT2D eigenvalue weighted by atomic mass is 10.1. The highest BCUT2D eigenvalue weighted by Gasteiger charge is 2.35. The minimum atomic E-state index is -4.25. The number of carbonyl (C=O) groups is 2. The molecule has 3 aromatic carbocycles. The highest BCUT2D eigenvalue weighted by atomic mass is 32.2. The molecular weight excluding hydrogens is 530 g/mol. The number of methoxy groups -OCH3 is 2. The number of nitrogens with one attached hydrogen (secondary N) is 1. The Morgan fingerprint density at radius 2 is 1.62 bits per heavy atom. The summed E-state index contributed by atoms with van der Waals surface area (Å²) in [6, 6.07) is 17.9. The predicted molar refractivity (Wildman–Crippen MR) is 155 cm³/mol. The maximum atomic E-state index is 14.1. The van der Waals surface area contributed by atoms with Gasteiger partial charge in [-0.3, -0.25) is 13.9 Å². The highest BCUT2D eigenvalue weighted by Crippen LogP contribution is 2.36. The lowest BCUT2D eigenvalue weighted by Gasteiger charge is -2.33. The average Bonchev–Trinajstić information content (AvgIpc) is 2.96. The van der Waals surface area contributed by atoms with Crippen molar-refractivity contribution in [3.63, 3.8) is 0 Å². The number of sulfonamides is 1. The number of ether oxygens (including phenoxy) is 2. The monoisotopic (exact) mass is 567 g/mol. The zero-order valence-electron chi connectivity index (χ0n) is 23.8. The fourth-order valence-electron chi connectivity index (χ4n) is 4.40. The van der Waals surface area contributed by atoms with E-state index in [0.29, 0.717) is 12.2 Å². The third-order valence-electron chi connectivity index (χ3n) is 6.78. The van der Waals surface area contributed by atoms with Crippen molar-refractivity contribution >= 4 is 27.5 Å². The normalized spacial score (nSPS) is 11.8. The molecular formula is C30H37N3O6S. The summed E-state index contributed by atoms with van der Waals surface area (Å²) >= 11 is 0. The SMILES string of the molecule is CCC(C(=O)NC)N(Cc1ccccc1C)C(=O)CN(c1cc(OC)ccc1OC)S(=O)(=O)c1ccc(C)cc1. The Morgan fingerprint density at radius 3 is 2.20 bits per heavy atom. The van der Waals surface area contributed by atoms with Crippen LogP contribution >= 0.6 is 0 Å². The molecule has 0 aliphatic carbocycles. The van der Waals surface area contributed by atoms with Crippen molar-refractivity contribution in [3.8, 4) is 11.5 Å². The fourth-order valence-corrected chi connectivity index (χ4v) is 5.82. The number of benzene rings is 3. The Hall–Kier alpha value is -4.05. The summed E-state index contributed by atoms with van der Waals surface area (Å²) in [6.45, 7) is 5.15. The Labute approximate surface area is 236 Å². The van der Waals surface area contributed by atoms with E-state index in [1.807, 2.05) is 45.0 Å². The smallest absolute Gasteiger partial charge is 0.264 e. The van der Waals surface area contributed by atoms with Crippen LogP contribution in [-0.2, 0) is 26.2 Å². The fraction of sp³-hybridized carbons (Fsp3) is 0.333. The van der Waals surface area contributed by atoms with Gasteiger partial charge in [0.15, 0.2) is 0 Å². The number of nitrogens with zero attached hydrogens (tertiary/aromatic N) is 2. The first-order valence-corrected chi connectivity index (χ1v) is 14.4. The number of amides is 2. The molecule has 0 spiro atoms. The van der Waals surface area contributed by atoms with Crippen molar-refractivity contribution in [2.45, 2.75) is 44.7 Å². The summed E-state index contributed by atoms with van der Waals surface area (Å²) in [5, 5.41) is 2.63. The van der Waals surface area contributed by atoms with E-state index in [1.54, 1.807) is 24.3 Å². The predicted octanol–water partition coefficient (Wildman–Crippen LogP) is 4.07. The number of carbonyl (C=O) groups excluding carboxylic acids is 2. The van der Waals surface area contributed by atoms with Crippen molar-refractivity contribution in [1.29, 1.82) is 0 Å². The molecule has 0 aliphatic rings. The number of aryl methyl sites for hydroxylation is 2. The molecule has 1 atom stereocenters. The van der Waals surface area contributed by atoms with Gasteiger partial charge in [-0.1, -0.05) is 48.9 Å². The molecule has 9 nitrogen and oxygen atoms in total. The zero-order valence-corrected chi connectivity index (χ0v) is 24.6. The van der Waals surface area contributed by atoms with Crippen molar-refractivity contribution in [3.05, 3.63) is 83.4 Å². The second-order valence-corrected chi connectivity index (χ2v) is 11.2. The van der Waals surface area contributed by atoms with Gasteiger partial charge in [0, 0.05) is 19.7 Å². The molecule has 214 valence electrons.